The van der Waals surface area contributed by atoms with Crippen LogP contribution in [0.15, 0.2) is 12.3 Å². The Hall–Kier alpha value is -0.290. The van der Waals surface area contributed by atoms with Crippen LogP contribution in [0.4, 0.5) is 0 Å². The lowest BCUT2D eigenvalue weighted by molar-refractivity contribution is 0.602. The van der Waals surface area contributed by atoms with Crippen LogP contribution in [0.2, 0.25) is 0 Å². The fourth-order valence-corrected chi connectivity index (χ4v) is 2.96. The summed E-state index contributed by atoms with van der Waals surface area (Å²) in [5.74, 6) is 0.889. The van der Waals surface area contributed by atoms with Gasteiger partial charge in [-0.2, -0.15) is 0 Å². The van der Waals surface area contributed by atoms with Gasteiger partial charge in [-0.25, -0.2) is 0 Å². The van der Waals surface area contributed by atoms with E-state index in [0.717, 1.165) is 5.92 Å². The molecule has 2 heteroatoms. The van der Waals surface area contributed by atoms with Crippen molar-refractivity contribution >= 4 is 8.35 Å². The summed E-state index contributed by atoms with van der Waals surface area (Å²) in [6.07, 6.45) is 10.7. The fraction of sp³-hybridized carbons (Fsp3) is 0.700. The maximum Gasteiger partial charge on any atom is 0.0142 e. The molecular weight excluding hydrogens is 165 g/mol. The zero-order valence-corrected chi connectivity index (χ0v) is 8.32. The number of aromatic nitrogens is 1. The first-order valence-electron chi connectivity index (χ1n) is 4.96. The monoisotopic (exact) mass is 181 g/mol. The summed E-state index contributed by atoms with van der Waals surface area (Å²) in [5, 5.41) is 1.62. The van der Waals surface area contributed by atoms with Gasteiger partial charge in [0.1, 0.15) is 0 Å². The molecular formula is C10H16NP. The van der Waals surface area contributed by atoms with E-state index in [4.69, 9.17) is 0 Å². The number of nitrogens with one attached hydrogen (secondary N) is 1. The van der Waals surface area contributed by atoms with Gasteiger partial charge in [0.2, 0.25) is 0 Å². The largest absolute Gasteiger partial charge is 0.344 e. The molecule has 0 aromatic carbocycles. The van der Waals surface area contributed by atoms with Crippen molar-refractivity contribution in [3.05, 3.63) is 17.6 Å². The van der Waals surface area contributed by atoms with Crippen molar-refractivity contribution in [3.63, 3.8) is 0 Å². The van der Waals surface area contributed by atoms with Gasteiger partial charge >= 0.3 is 0 Å². The van der Waals surface area contributed by atoms with Crippen LogP contribution in [0.5, 0.6) is 0 Å². The van der Waals surface area contributed by atoms with E-state index in [0.29, 0.717) is 0 Å². The predicted molar refractivity (Wildman–Crippen MR) is 53.7 cm³/mol. The summed E-state index contributed by atoms with van der Waals surface area (Å²) >= 11 is 0. The van der Waals surface area contributed by atoms with Gasteiger partial charge in [0, 0.05) is 19.8 Å². The molecule has 12 heavy (non-hydrogen) atoms. The fourth-order valence-electron chi connectivity index (χ4n) is 2.07. The summed E-state index contributed by atoms with van der Waals surface area (Å²) in [6.45, 7) is 0. The molecule has 1 aromatic rings. The van der Waals surface area contributed by atoms with Gasteiger partial charge in [-0.15, -0.1) is 0 Å². The molecule has 1 aromatic heterocycles. The lowest BCUT2D eigenvalue weighted by Crippen LogP contribution is -1.92. The first kappa shape index (κ1) is 8.31. The third-order valence-corrected chi connectivity index (χ3v) is 3.85. The minimum absolute atomic E-state index is 0.889. The topological polar surface area (TPSA) is 15.8 Å². The average Bonchev–Trinajstić information content (AvgIpc) is 2.48. The first-order valence-corrected chi connectivity index (χ1v) is 5.86. The maximum absolute atomic E-state index is 3.24. The highest BCUT2D eigenvalue weighted by molar-refractivity contribution is 7.26. The van der Waals surface area contributed by atoms with Gasteiger partial charge in [-0.1, -0.05) is 25.7 Å². The molecule has 1 saturated carbocycles. The Morgan fingerprint density at radius 1 is 1.17 bits per heavy atom. The van der Waals surface area contributed by atoms with E-state index in [1.807, 2.05) is 0 Å². The second kappa shape index (κ2) is 4.09. The number of hydrogen-bond acceptors (Lipinski definition) is 0. The first-order chi connectivity index (χ1) is 5.97. The van der Waals surface area contributed by atoms with Gasteiger partial charge in [-0.3, -0.25) is 0 Å². The van der Waals surface area contributed by atoms with Crippen LogP contribution in [0.1, 0.15) is 49.7 Å². The van der Waals surface area contributed by atoms with E-state index in [1.54, 1.807) is 5.30 Å². The van der Waals surface area contributed by atoms with Crippen molar-refractivity contribution in [2.75, 3.05) is 0 Å². The molecule has 1 fully saturated rings. The minimum atomic E-state index is 0.889. The average molecular weight is 181 g/mol. The molecule has 0 atom stereocenters. The summed E-state index contributed by atoms with van der Waals surface area (Å²) in [4.78, 5) is 0. The number of hydrogen-bond donors (Lipinski definition) is 1. The summed E-state index contributed by atoms with van der Waals surface area (Å²) < 4.78 is 3.24. The lowest BCUT2D eigenvalue weighted by atomic mass is 9.99. The molecule has 0 aliphatic heterocycles. The quantitative estimate of drug-likeness (QED) is 0.629. The van der Waals surface area contributed by atoms with Crippen molar-refractivity contribution < 1.29 is 0 Å². The molecule has 0 amide bonds. The molecule has 1 aliphatic rings. The van der Waals surface area contributed by atoms with Crippen LogP contribution in [-0.4, -0.2) is 4.75 Å². The second-order valence-corrected chi connectivity index (χ2v) is 4.69. The van der Waals surface area contributed by atoms with Gasteiger partial charge < -0.3 is 4.75 Å². The third-order valence-electron chi connectivity index (χ3n) is 2.80. The second-order valence-electron chi connectivity index (χ2n) is 3.69. The Balaban J connectivity index is 2.02. The Morgan fingerprint density at radius 2 is 1.92 bits per heavy atom. The van der Waals surface area contributed by atoms with E-state index < -0.39 is 0 Å². The standard InChI is InChI=1S/C10H16NP/c1-2-4-6-9(5-3-1)10-7-8-11-12-10/h7-9,11H,1-6H2. The van der Waals surface area contributed by atoms with Crippen molar-refractivity contribution in [2.24, 2.45) is 0 Å². The normalized spacial score (nSPS) is 21.3. The summed E-state index contributed by atoms with van der Waals surface area (Å²) in [7, 11) is 1.35. The molecule has 2 rings (SSSR count). The van der Waals surface area contributed by atoms with Crippen LogP contribution in [0.3, 0.4) is 0 Å². The third kappa shape index (κ3) is 1.90. The predicted octanol–water partition coefficient (Wildman–Crippen LogP) is 4.03. The molecule has 0 bridgehead atoms. The number of aromatic amines is 1. The minimum Gasteiger partial charge on any atom is -0.344 e. The molecule has 0 spiro atoms. The molecule has 0 saturated heterocycles. The molecule has 66 valence electrons. The van der Waals surface area contributed by atoms with Crippen LogP contribution in [-0.2, 0) is 0 Å². The Labute approximate surface area is 75.7 Å². The highest BCUT2D eigenvalue weighted by Crippen LogP contribution is 2.34. The lowest BCUT2D eigenvalue weighted by Gasteiger charge is -2.10. The van der Waals surface area contributed by atoms with Crippen LogP contribution in [0.25, 0.3) is 0 Å². The smallest absolute Gasteiger partial charge is 0.0142 e. The maximum atomic E-state index is 3.24. The van der Waals surface area contributed by atoms with Crippen molar-refractivity contribution in [1.82, 2.24) is 4.75 Å². The Bertz CT molecular complexity index is 210. The Morgan fingerprint density at radius 3 is 2.50 bits per heavy atom. The van der Waals surface area contributed by atoms with Crippen LogP contribution >= 0.6 is 8.35 Å². The number of H-pyrrole nitrogens is 1. The van der Waals surface area contributed by atoms with Gasteiger partial charge in [-0.05, 0) is 24.8 Å². The van der Waals surface area contributed by atoms with Crippen molar-refractivity contribution in [3.8, 4) is 0 Å². The molecule has 1 heterocycles. The summed E-state index contributed by atoms with van der Waals surface area (Å²) in [6, 6.07) is 2.28. The molecule has 0 unspecified atom stereocenters. The van der Waals surface area contributed by atoms with E-state index >= 15 is 0 Å². The van der Waals surface area contributed by atoms with Gasteiger partial charge in [0.15, 0.2) is 0 Å². The highest BCUT2D eigenvalue weighted by atomic mass is 31.0. The summed E-state index contributed by atoms with van der Waals surface area (Å²) in [5.41, 5.74) is 0. The van der Waals surface area contributed by atoms with E-state index in [1.165, 1.54) is 46.9 Å². The zero-order chi connectivity index (χ0) is 8.23. The highest BCUT2D eigenvalue weighted by Gasteiger charge is 2.14. The number of rotatable bonds is 1. The van der Waals surface area contributed by atoms with E-state index in [-0.39, 0.29) is 0 Å². The van der Waals surface area contributed by atoms with Gasteiger partial charge in [0.25, 0.3) is 0 Å². The zero-order valence-electron chi connectivity index (χ0n) is 7.42. The molecule has 1 aliphatic carbocycles. The van der Waals surface area contributed by atoms with Crippen LogP contribution in [0, 0.1) is 0 Å². The van der Waals surface area contributed by atoms with Crippen molar-refractivity contribution in [2.45, 2.75) is 44.4 Å². The molecule has 1 N–H and O–H groups in total. The van der Waals surface area contributed by atoms with E-state index in [2.05, 4.69) is 17.0 Å². The van der Waals surface area contributed by atoms with Crippen molar-refractivity contribution in [1.29, 1.82) is 0 Å². The molecule has 0 radical (unpaired) electrons. The molecule has 1 nitrogen and oxygen atoms in total. The SMILES string of the molecule is c1cc(C2CCCCCC2)p[nH]1. The van der Waals surface area contributed by atoms with Gasteiger partial charge in [0.05, 0.1) is 0 Å². The van der Waals surface area contributed by atoms with E-state index in [9.17, 15) is 0 Å². The van der Waals surface area contributed by atoms with Crippen LogP contribution < -0.4 is 0 Å². The Kier molecular flexibility index (Phi) is 2.83.